The summed E-state index contributed by atoms with van der Waals surface area (Å²) in [5.74, 6) is 0.964. The van der Waals surface area contributed by atoms with Gasteiger partial charge in [-0.3, -0.25) is 9.59 Å². The van der Waals surface area contributed by atoms with Crippen LogP contribution in [0.3, 0.4) is 0 Å². The number of hydrogen-bond donors (Lipinski definition) is 2. The maximum absolute atomic E-state index is 12.6. The summed E-state index contributed by atoms with van der Waals surface area (Å²) in [6, 6.07) is 13.5. The van der Waals surface area contributed by atoms with Crippen molar-refractivity contribution in [3.05, 3.63) is 70.9 Å². The second-order valence-electron chi connectivity index (χ2n) is 6.71. The van der Waals surface area contributed by atoms with Crippen LogP contribution < -0.4 is 30.0 Å². The molecule has 1 heterocycles. The second kappa shape index (κ2) is 11.1. The second-order valence-corrected chi connectivity index (χ2v) is 7.12. The fourth-order valence-corrected chi connectivity index (χ4v) is 3.05. The SMILES string of the molecule is COc1cccc(Oc2ccc(CNC(=O)c3cc(Cl)c(OCC(N)=O)c(OC)c3)cn2)c1. The minimum atomic E-state index is -0.663. The number of benzene rings is 2. The van der Waals surface area contributed by atoms with E-state index in [1.807, 2.05) is 12.1 Å². The molecule has 0 spiro atoms. The molecular formula is C23H22ClN3O6. The Balaban J connectivity index is 1.62. The number of carbonyl (C=O) groups is 2. The fourth-order valence-electron chi connectivity index (χ4n) is 2.78. The maximum Gasteiger partial charge on any atom is 0.255 e. The molecule has 0 radical (unpaired) electrons. The number of rotatable bonds is 10. The first-order valence-electron chi connectivity index (χ1n) is 9.73. The largest absolute Gasteiger partial charge is 0.497 e. The molecule has 172 valence electrons. The molecule has 2 aromatic carbocycles. The van der Waals surface area contributed by atoms with Crippen molar-refractivity contribution in [3.63, 3.8) is 0 Å². The van der Waals surface area contributed by atoms with Crippen LogP contribution in [0.15, 0.2) is 54.7 Å². The summed E-state index contributed by atoms with van der Waals surface area (Å²) in [5, 5.41) is 2.89. The third kappa shape index (κ3) is 6.50. The summed E-state index contributed by atoms with van der Waals surface area (Å²) < 4.78 is 21.4. The number of primary amides is 1. The molecule has 3 aromatic rings. The number of nitrogens with one attached hydrogen (secondary N) is 1. The normalized spacial score (nSPS) is 10.3. The Kier molecular flexibility index (Phi) is 7.93. The molecule has 0 bridgehead atoms. The number of amides is 2. The molecule has 0 saturated heterocycles. The first kappa shape index (κ1) is 23.7. The third-order valence-corrected chi connectivity index (χ3v) is 4.65. The van der Waals surface area contributed by atoms with Gasteiger partial charge in [0.15, 0.2) is 18.1 Å². The zero-order valence-corrected chi connectivity index (χ0v) is 18.7. The van der Waals surface area contributed by atoms with Gasteiger partial charge in [-0.25, -0.2) is 4.98 Å². The third-order valence-electron chi connectivity index (χ3n) is 4.36. The van der Waals surface area contributed by atoms with Crippen LogP contribution in [0, 0.1) is 0 Å². The minimum absolute atomic E-state index is 0.112. The summed E-state index contributed by atoms with van der Waals surface area (Å²) in [7, 11) is 2.97. The average molecular weight is 472 g/mol. The quantitative estimate of drug-likeness (QED) is 0.465. The zero-order valence-electron chi connectivity index (χ0n) is 18.0. The Labute approximate surface area is 195 Å². The van der Waals surface area contributed by atoms with Crippen LogP contribution in [-0.4, -0.2) is 37.6 Å². The van der Waals surface area contributed by atoms with E-state index >= 15 is 0 Å². The lowest BCUT2D eigenvalue weighted by atomic mass is 10.1. The van der Waals surface area contributed by atoms with Gasteiger partial charge in [0.1, 0.15) is 11.5 Å². The molecule has 0 saturated carbocycles. The van der Waals surface area contributed by atoms with Gasteiger partial charge in [-0.2, -0.15) is 0 Å². The van der Waals surface area contributed by atoms with Gasteiger partial charge < -0.3 is 30.0 Å². The Bertz CT molecular complexity index is 1140. The number of nitrogens with two attached hydrogens (primary N) is 1. The Morgan fingerprint density at radius 3 is 2.52 bits per heavy atom. The predicted molar refractivity (Wildman–Crippen MR) is 121 cm³/mol. The molecule has 0 unspecified atom stereocenters. The van der Waals surface area contributed by atoms with E-state index in [0.717, 1.165) is 5.56 Å². The van der Waals surface area contributed by atoms with Gasteiger partial charge >= 0.3 is 0 Å². The number of ether oxygens (including phenoxy) is 4. The smallest absolute Gasteiger partial charge is 0.255 e. The highest BCUT2D eigenvalue weighted by atomic mass is 35.5. The number of methoxy groups -OCH3 is 2. The fraction of sp³-hybridized carbons (Fsp3) is 0.174. The van der Waals surface area contributed by atoms with E-state index in [0.29, 0.717) is 17.4 Å². The van der Waals surface area contributed by atoms with Gasteiger partial charge in [0.05, 0.1) is 19.2 Å². The van der Waals surface area contributed by atoms with E-state index < -0.39 is 5.91 Å². The standard InChI is InChI=1S/C23H22ClN3O6/c1-30-16-4-3-5-17(10-16)33-21-7-6-14(11-26-21)12-27-23(29)15-8-18(24)22(19(9-15)31-2)32-13-20(25)28/h3-11H,12-13H2,1-2H3,(H2,25,28)(H,27,29). The molecule has 0 atom stereocenters. The van der Waals surface area contributed by atoms with Crippen molar-refractivity contribution in [2.24, 2.45) is 5.73 Å². The van der Waals surface area contributed by atoms with Crippen LogP contribution in [0.5, 0.6) is 28.9 Å². The molecule has 3 rings (SSSR count). The molecule has 0 aliphatic carbocycles. The van der Waals surface area contributed by atoms with Crippen molar-refractivity contribution in [2.45, 2.75) is 6.54 Å². The first-order chi connectivity index (χ1) is 15.9. The van der Waals surface area contributed by atoms with E-state index in [4.69, 9.17) is 36.3 Å². The summed E-state index contributed by atoms with van der Waals surface area (Å²) in [4.78, 5) is 27.8. The van der Waals surface area contributed by atoms with E-state index in [2.05, 4.69) is 10.3 Å². The number of hydrogen-bond acceptors (Lipinski definition) is 7. The molecule has 2 amide bonds. The first-order valence-corrected chi connectivity index (χ1v) is 10.1. The Morgan fingerprint density at radius 2 is 1.85 bits per heavy atom. The Hall–Kier alpha value is -3.98. The van der Waals surface area contributed by atoms with E-state index in [9.17, 15) is 9.59 Å². The average Bonchev–Trinajstić information content (AvgIpc) is 2.82. The highest BCUT2D eigenvalue weighted by Crippen LogP contribution is 2.36. The maximum atomic E-state index is 12.6. The van der Waals surface area contributed by atoms with Crippen molar-refractivity contribution in [1.29, 1.82) is 0 Å². The van der Waals surface area contributed by atoms with Gasteiger partial charge in [-0.1, -0.05) is 23.7 Å². The molecular weight excluding hydrogens is 450 g/mol. The van der Waals surface area contributed by atoms with E-state index in [-0.39, 0.29) is 41.1 Å². The minimum Gasteiger partial charge on any atom is -0.497 e. The summed E-state index contributed by atoms with van der Waals surface area (Å²) in [5.41, 5.74) is 6.11. The molecule has 10 heteroatoms. The lowest BCUT2D eigenvalue weighted by Gasteiger charge is -2.13. The molecule has 0 aliphatic heterocycles. The Morgan fingerprint density at radius 1 is 1.06 bits per heavy atom. The number of aromatic nitrogens is 1. The van der Waals surface area contributed by atoms with Crippen LogP contribution in [0.4, 0.5) is 0 Å². The zero-order chi connectivity index (χ0) is 23.8. The number of halogens is 1. The number of pyridine rings is 1. The molecule has 1 aromatic heterocycles. The van der Waals surface area contributed by atoms with Crippen LogP contribution in [0.1, 0.15) is 15.9 Å². The van der Waals surface area contributed by atoms with Crippen molar-refractivity contribution < 1.29 is 28.5 Å². The van der Waals surface area contributed by atoms with E-state index in [1.54, 1.807) is 37.6 Å². The van der Waals surface area contributed by atoms with Gasteiger partial charge in [0, 0.05) is 30.4 Å². The van der Waals surface area contributed by atoms with E-state index in [1.165, 1.54) is 19.2 Å². The van der Waals surface area contributed by atoms with Crippen LogP contribution in [0.2, 0.25) is 5.02 Å². The highest BCUT2D eigenvalue weighted by Gasteiger charge is 2.16. The van der Waals surface area contributed by atoms with Crippen LogP contribution >= 0.6 is 11.6 Å². The monoisotopic (exact) mass is 471 g/mol. The van der Waals surface area contributed by atoms with Crippen molar-refractivity contribution in [3.8, 4) is 28.9 Å². The summed E-state index contributed by atoms with van der Waals surface area (Å²) in [6.07, 6.45) is 1.60. The van der Waals surface area contributed by atoms with Gasteiger partial charge in [-0.15, -0.1) is 0 Å². The molecule has 33 heavy (non-hydrogen) atoms. The molecule has 3 N–H and O–H groups in total. The highest BCUT2D eigenvalue weighted by molar-refractivity contribution is 6.32. The summed E-state index contributed by atoms with van der Waals surface area (Å²) >= 11 is 6.19. The number of carbonyl (C=O) groups excluding carboxylic acids is 2. The summed E-state index contributed by atoms with van der Waals surface area (Å²) in [6.45, 7) is -0.142. The van der Waals surface area contributed by atoms with Crippen LogP contribution in [-0.2, 0) is 11.3 Å². The topological polar surface area (TPSA) is 122 Å². The molecule has 0 aliphatic rings. The van der Waals surface area contributed by atoms with Gasteiger partial charge in [0.25, 0.3) is 11.8 Å². The van der Waals surface area contributed by atoms with Crippen molar-refractivity contribution in [1.82, 2.24) is 10.3 Å². The van der Waals surface area contributed by atoms with Crippen molar-refractivity contribution >= 4 is 23.4 Å². The number of nitrogens with zero attached hydrogens (tertiary/aromatic N) is 1. The lowest BCUT2D eigenvalue weighted by Crippen LogP contribution is -2.23. The molecule has 9 nitrogen and oxygen atoms in total. The molecule has 0 fully saturated rings. The predicted octanol–water partition coefficient (Wildman–Crippen LogP) is 3.34. The van der Waals surface area contributed by atoms with Crippen LogP contribution in [0.25, 0.3) is 0 Å². The van der Waals surface area contributed by atoms with Gasteiger partial charge in [0.2, 0.25) is 5.88 Å². The van der Waals surface area contributed by atoms with Gasteiger partial charge in [-0.05, 0) is 29.8 Å². The van der Waals surface area contributed by atoms with Crippen molar-refractivity contribution in [2.75, 3.05) is 20.8 Å². The lowest BCUT2D eigenvalue weighted by molar-refractivity contribution is -0.119.